The van der Waals surface area contributed by atoms with Gasteiger partial charge in [0.2, 0.25) is 0 Å². The number of benzene rings is 3. The Labute approximate surface area is 192 Å². The van der Waals surface area contributed by atoms with Crippen LogP contribution < -0.4 is 14.2 Å². The number of ether oxygens (including phenoxy) is 3. The minimum absolute atomic E-state index is 0.143. The number of aromatic nitrogens is 1. The molecular formula is C27H24ClNO3. The fourth-order valence-corrected chi connectivity index (χ4v) is 4.80. The van der Waals surface area contributed by atoms with Crippen LogP contribution in [0, 0.1) is 0 Å². The molecule has 162 valence electrons. The van der Waals surface area contributed by atoms with Crippen molar-refractivity contribution >= 4 is 11.6 Å². The molecule has 2 heterocycles. The summed E-state index contributed by atoms with van der Waals surface area (Å²) in [6.45, 7) is 2.23. The van der Waals surface area contributed by atoms with Crippen LogP contribution in [-0.4, -0.2) is 25.9 Å². The highest BCUT2D eigenvalue weighted by atomic mass is 35.5. The predicted molar refractivity (Wildman–Crippen MR) is 129 cm³/mol. The quantitative estimate of drug-likeness (QED) is 0.333. The van der Waals surface area contributed by atoms with Gasteiger partial charge in [0, 0.05) is 39.9 Å². The summed E-state index contributed by atoms with van der Waals surface area (Å²) in [4.78, 5) is 0. The molecule has 0 saturated heterocycles. The number of halogens is 1. The molecule has 0 radical (unpaired) electrons. The molecule has 1 aromatic heterocycles. The Morgan fingerprint density at radius 3 is 2.03 bits per heavy atom. The zero-order valence-corrected chi connectivity index (χ0v) is 19.2. The van der Waals surface area contributed by atoms with Gasteiger partial charge in [0.25, 0.3) is 0 Å². The Balaban J connectivity index is 1.81. The molecule has 32 heavy (non-hydrogen) atoms. The largest absolute Gasteiger partial charge is 0.497 e. The van der Waals surface area contributed by atoms with Gasteiger partial charge in [-0.05, 0) is 41.5 Å². The van der Waals surface area contributed by atoms with Crippen molar-refractivity contribution < 1.29 is 14.2 Å². The molecule has 0 saturated carbocycles. The highest BCUT2D eigenvalue weighted by Crippen LogP contribution is 2.51. The molecule has 5 heteroatoms. The molecular weight excluding hydrogens is 422 g/mol. The van der Waals surface area contributed by atoms with Crippen LogP contribution in [0.25, 0.3) is 28.1 Å². The zero-order valence-electron chi connectivity index (χ0n) is 18.5. The fraction of sp³-hybridized carbons (Fsp3) is 0.185. The van der Waals surface area contributed by atoms with Gasteiger partial charge >= 0.3 is 0 Å². The molecule has 0 spiro atoms. The van der Waals surface area contributed by atoms with Crippen molar-refractivity contribution in [3.63, 3.8) is 0 Å². The Bertz CT molecular complexity index is 1290. The second-order valence-corrected chi connectivity index (χ2v) is 8.32. The molecule has 4 nitrogen and oxygen atoms in total. The Morgan fingerprint density at radius 1 is 0.750 bits per heavy atom. The number of rotatable bonds is 5. The van der Waals surface area contributed by atoms with E-state index in [1.54, 1.807) is 21.3 Å². The maximum Gasteiger partial charge on any atom is 0.128 e. The van der Waals surface area contributed by atoms with E-state index < -0.39 is 0 Å². The molecule has 1 aliphatic heterocycles. The minimum atomic E-state index is 0.143. The van der Waals surface area contributed by atoms with Crippen LogP contribution in [0.3, 0.4) is 0 Å². The van der Waals surface area contributed by atoms with Gasteiger partial charge in [-0.1, -0.05) is 42.8 Å². The van der Waals surface area contributed by atoms with E-state index in [1.807, 2.05) is 30.3 Å². The number of nitrogens with zero attached hydrogens (tertiary/aromatic N) is 1. The molecule has 0 N–H and O–H groups in total. The van der Waals surface area contributed by atoms with E-state index in [2.05, 4.69) is 47.9 Å². The molecule has 3 aromatic carbocycles. The van der Waals surface area contributed by atoms with E-state index >= 15 is 0 Å². The highest BCUT2D eigenvalue weighted by Gasteiger charge is 2.35. The summed E-state index contributed by atoms with van der Waals surface area (Å²) < 4.78 is 19.1. The van der Waals surface area contributed by atoms with E-state index in [9.17, 15) is 0 Å². The third kappa shape index (κ3) is 3.14. The molecule has 1 atom stereocenters. The summed E-state index contributed by atoms with van der Waals surface area (Å²) in [5.41, 5.74) is 7.98. The number of methoxy groups -OCH3 is 3. The average molecular weight is 446 g/mol. The van der Waals surface area contributed by atoms with Crippen molar-refractivity contribution in [2.75, 3.05) is 21.3 Å². The number of fused-ring (bicyclic) bond motifs is 3. The molecule has 0 amide bonds. The topological polar surface area (TPSA) is 32.6 Å². The van der Waals surface area contributed by atoms with Crippen LogP contribution in [0.15, 0.2) is 66.7 Å². The zero-order chi connectivity index (χ0) is 22.4. The van der Waals surface area contributed by atoms with Crippen molar-refractivity contribution in [1.29, 1.82) is 0 Å². The molecule has 0 bridgehead atoms. The minimum Gasteiger partial charge on any atom is -0.497 e. The average Bonchev–Trinajstić information content (AvgIpc) is 3.36. The molecule has 1 aliphatic rings. The van der Waals surface area contributed by atoms with E-state index in [0.717, 1.165) is 50.3 Å². The van der Waals surface area contributed by atoms with Gasteiger partial charge in [0.1, 0.15) is 17.2 Å². The third-order valence-electron chi connectivity index (χ3n) is 6.21. The maximum atomic E-state index is 6.18. The van der Waals surface area contributed by atoms with Gasteiger partial charge in [-0.2, -0.15) is 0 Å². The summed E-state index contributed by atoms with van der Waals surface area (Å²) in [6.07, 6.45) is 0. The highest BCUT2D eigenvalue weighted by molar-refractivity contribution is 6.30. The molecule has 0 aliphatic carbocycles. The van der Waals surface area contributed by atoms with Crippen molar-refractivity contribution in [1.82, 2.24) is 4.57 Å². The van der Waals surface area contributed by atoms with Crippen LogP contribution in [0.1, 0.15) is 24.1 Å². The summed E-state index contributed by atoms with van der Waals surface area (Å²) in [5.74, 6) is 2.58. The first kappa shape index (κ1) is 20.5. The van der Waals surface area contributed by atoms with Gasteiger partial charge in [0.15, 0.2) is 0 Å². The number of hydrogen-bond acceptors (Lipinski definition) is 3. The molecule has 5 rings (SSSR count). The smallest absolute Gasteiger partial charge is 0.128 e. The van der Waals surface area contributed by atoms with Crippen molar-refractivity contribution in [3.05, 3.63) is 83.0 Å². The molecule has 0 fully saturated rings. The summed E-state index contributed by atoms with van der Waals surface area (Å²) in [5, 5.41) is 0.717. The van der Waals surface area contributed by atoms with Crippen LogP contribution in [-0.2, 0) is 0 Å². The standard InChI is InChI=1S/C27H24ClNO3/c1-16-26-24(13-21(31-3)14-25(26)32-4)29-23(18-5-9-19(28)10-6-18)15-22(27(16)29)17-7-11-20(30-2)12-8-17/h5-16H,1-4H3. The summed E-state index contributed by atoms with van der Waals surface area (Å²) >= 11 is 6.18. The molecule has 1 unspecified atom stereocenters. The normalized spacial score (nSPS) is 14.1. The Kier molecular flexibility index (Phi) is 5.10. The van der Waals surface area contributed by atoms with Gasteiger partial charge in [-0.3, -0.25) is 0 Å². The lowest BCUT2D eigenvalue weighted by molar-refractivity contribution is 0.391. The van der Waals surface area contributed by atoms with E-state index in [-0.39, 0.29) is 5.92 Å². The summed E-state index contributed by atoms with van der Waals surface area (Å²) in [7, 11) is 5.07. The van der Waals surface area contributed by atoms with Crippen LogP contribution in [0.2, 0.25) is 5.02 Å². The van der Waals surface area contributed by atoms with Gasteiger partial charge < -0.3 is 18.8 Å². The fourth-order valence-electron chi connectivity index (χ4n) is 4.68. The third-order valence-corrected chi connectivity index (χ3v) is 6.47. The second kappa shape index (κ2) is 7.95. The van der Waals surface area contributed by atoms with E-state index in [0.29, 0.717) is 0 Å². The van der Waals surface area contributed by atoms with Crippen molar-refractivity contribution in [3.8, 4) is 45.3 Å². The number of hydrogen-bond donors (Lipinski definition) is 0. The van der Waals surface area contributed by atoms with Gasteiger partial charge in [-0.15, -0.1) is 0 Å². The lowest BCUT2D eigenvalue weighted by Crippen LogP contribution is -1.98. The van der Waals surface area contributed by atoms with Crippen LogP contribution in [0.5, 0.6) is 17.2 Å². The lowest BCUT2D eigenvalue weighted by Gasteiger charge is -2.14. The monoisotopic (exact) mass is 445 g/mol. The summed E-state index contributed by atoms with van der Waals surface area (Å²) in [6, 6.07) is 22.5. The van der Waals surface area contributed by atoms with Crippen molar-refractivity contribution in [2.24, 2.45) is 0 Å². The first-order chi connectivity index (χ1) is 15.5. The SMILES string of the molecule is COc1ccc(-c2cc(-c3ccc(Cl)cc3)n3c2C(C)c2c(OC)cc(OC)cc2-3)cc1. The van der Waals surface area contributed by atoms with E-state index in [1.165, 1.54) is 11.3 Å². The lowest BCUT2D eigenvalue weighted by atomic mass is 9.93. The Hall–Kier alpha value is -3.37. The van der Waals surface area contributed by atoms with Crippen LogP contribution in [0.4, 0.5) is 0 Å². The first-order valence-electron chi connectivity index (χ1n) is 10.5. The van der Waals surface area contributed by atoms with Crippen LogP contribution >= 0.6 is 11.6 Å². The van der Waals surface area contributed by atoms with Gasteiger partial charge in [0.05, 0.1) is 32.7 Å². The van der Waals surface area contributed by atoms with Crippen molar-refractivity contribution in [2.45, 2.75) is 12.8 Å². The first-order valence-corrected chi connectivity index (χ1v) is 10.9. The molecule has 4 aromatic rings. The Morgan fingerprint density at radius 2 is 1.41 bits per heavy atom. The van der Waals surface area contributed by atoms with Gasteiger partial charge in [-0.25, -0.2) is 0 Å². The van der Waals surface area contributed by atoms with E-state index in [4.69, 9.17) is 25.8 Å². The predicted octanol–water partition coefficient (Wildman–Crippen LogP) is 6.96. The maximum absolute atomic E-state index is 6.18. The second-order valence-electron chi connectivity index (χ2n) is 7.88.